The third kappa shape index (κ3) is 5.04. The molecule has 2 heterocycles. The molecule has 0 bridgehead atoms. The number of ether oxygens (including phenoxy) is 1. The Balaban J connectivity index is 1.99. The molecule has 7 heteroatoms. The molecular weight excluding hydrogens is 316 g/mol. The minimum atomic E-state index is -0.483. The van der Waals surface area contributed by atoms with Crippen molar-refractivity contribution in [2.45, 2.75) is 52.3 Å². The Morgan fingerprint density at radius 1 is 1.30 bits per heavy atom. The molecule has 0 aromatic carbocycles. The van der Waals surface area contributed by atoms with Crippen LogP contribution in [0.5, 0.6) is 0 Å². The lowest BCUT2D eigenvalue weighted by Crippen LogP contribution is -2.61. The number of piperazine rings is 1. The first-order valence-corrected chi connectivity index (χ1v) is 8.16. The lowest BCUT2D eigenvalue weighted by Gasteiger charge is -2.46. The third-order valence-corrected chi connectivity index (χ3v) is 3.87. The number of hydrogen-bond donors (Lipinski definition) is 0. The minimum Gasteiger partial charge on any atom is -0.444 e. The fourth-order valence-electron chi connectivity index (χ4n) is 2.70. The molecule has 1 aliphatic rings. The van der Waals surface area contributed by atoms with Gasteiger partial charge < -0.3 is 9.64 Å². The number of carbonyl (C=O) groups excluding carboxylic acids is 1. The van der Waals surface area contributed by atoms with Crippen molar-refractivity contribution in [1.29, 1.82) is 0 Å². The highest BCUT2D eigenvalue weighted by Gasteiger charge is 2.38. The standard InChI is InChI=1S/C16H25ClN4O2/c1-15(2,3)23-14(22)21-9-8-20(11-16(21,4)5)10-12-6-7-13(17)19-18-12/h6-7H,8-11H2,1-5H3. The molecule has 0 unspecified atom stereocenters. The van der Waals surface area contributed by atoms with Crippen LogP contribution in [0.1, 0.15) is 40.3 Å². The Morgan fingerprint density at radius 3 is 2.52 bits per heavy atom. The van der Waals surface area contributed by atoms with E-state index in [1.807, 2.05) is 31.7 Å². The average Bonchev–Trinajstić information content (AvgIpc) is 2.38. The van der Waals surface area contributed by atoms with Crippen molar-refractivity contribution in [1.82, 2.24) is 20.0 Å². The first-order valence-electron chi connectivity index (χ1n) is 7.78. The average molecular weight is 341 g/mol. The Kier molecular flexibility index (Phi) is 5.16. The van der Waals surface area contributed by atoms with Gasteiger partial charge >= 0.3 is 6.09 Å². The molecule has 0 spiro atoms. The summed E-state index contributed by atoms with van der Waals surface area (Å²) in [7, 11) is 0. The highest BCUT2D eigenvalue weighted by atomic mass is 35.5. The van der Waals surface area contributed by atoms with Gasteiger partial charge in [0, 0.05) is 26.2 Å². The summed E-state index contributed by atoms with van der Waals surface area (Å²) in [6.07, 6.45) is -0.256. The summed E-state index contributed by atoms with van der Waals surface area (Å²) in [6, 6.07) is 3.62. The SMILES string of the molecule is CC(C)(C)OC(=O)N1CCN(Cc2ccc(Cl)nn2)CC1(C)C. The molecule has 1 aliphatic heterocycles. The van der Waals surface area contributed by atoms with Crippen LogP contribution in [0.3, 0.4) is 0 Å². The molecule has 0 radical (unpaired) electrons. The molecule has 6 nitrogen and oxygen atoms in total. The van der Waals surface area contributed by atoms with Crippen molar-refractivity contribution in [3.05, 3.63) is 23.0 Å². The molecule has 1 amide bonds. The van der Waals surface area contributed by atoms with E-state index >= 15 is 0 Å². The lowest BCUT2D eigenvalue weighted by atomic mass is 9.99. The van der Waals surface area contributed by atoms with Crippen molar-refractivity contribution in [3.63, 3.8) is 0 Å². The van der Waals surface area contributed by atoms with E-state index < -0.39 is 5.60 Å². The van der Waals surface area contributed by atoms with Crippen LogP contribution in [0.15, 0.2) is 12.1 Å². The predicted molar refractivity (Wildman–Crippen MR) is 89.3 cm³/mol. The monoisotopic (exact) mass is 340 g/mol. The van der Waals surface area contributed by atoms with Crippen molar-refractivity contribution in [3.8, 4) is 0 Å². The van der Waals surface area contributed by atoms with E-state index in [2.05, 4.69) is 28.9 Å². The van der Waals surface area contributed by atoms with E-state index in [0.717, 1.165) is 18.8 Å². The molecule has 0 saturated carbocycles. The Hall–Kier alpha value is -1.40. The van der Waals surface area contributed by atoms with Crippen LogP contribution < -0.4 is 0 Å². The van der Waals surface area contributed by atoms with E-state index in [1.54, 1.807) is 6.07 Å². The summed E-state index contributed by atoms with van der Waals surface area (Å²) in [4.78, 5) is 16.5. The van der Waals surface area contributed by atoms with Crippen LogP contribution in [-0.2, 0) is 11.3 Å². The van der Waals surface area contributed by atoms with Crippen LogP contribution in [0.4, 0.5) is 4.79 Å². The number of amides is 1. The summed E-state index contributed by atoms with van der Waals surface area (Å²) in [5.74, 6) is 0. The van der Waals surface area contributed by atoms with Crippen molar-refractivity contribution < 1.29 is 9.53 Å². The largest absolute Gasteiger partial charge is 0.444 e. The second-order valence-corrected chi connectivity index (χ2v) is 7.89. The first-order chi connectivity index (χ1) is 10.6. The zero-order chi connectivity index (χ0) is 17.3. The third-order valence-electron chi connectivity index (χ3n) is 3.67. The van der Waals surface area contributed by atoms with Gasteiger partial charge in [0.05, 0.1) is 11.2 Å². The maximum absolute atomic E-state index is 12.4. The van der Waals surface area contributed by atoms with Gasteiger partial charge in [-0.3, -0.25) is 4.90 Å². The van der Waals surface area contributed by atoms with Crippen LogP contribution in [-0.4, -0.2) is 56.9 Å². The molecule has 1 aromatic rings. The Labute approximate surface area is 142 Å². The molecule has 23 heavy (non-hydrogen) atoms. The summed E-state index contributed by atoms with van der Waals surface area (Å²) in [5.41, 5.74) is 0.0832. The van der Waals surface area contributed by atoms with E-state index in [9.17, 15) is 4.79 Å². The van der Waals surface area contributed by atoms with Crippen LogP contribution in [0, 0.1) is 0 Å². The van der Waals surface area contributed by atoms with Gasteiger partial charge in [-0.2, -0.15) is 5.10 Å². The Morgan fingerprint density at radius 2 is 2.00 bits per heavy atom. The zero-order valence-electron chi connectivity index (χ0n) is 14.5. The molecule has 2 rings (SSSR count). The van der Waals surface area contributed by atoms with E-state index in [-0.39, 0.29) is 11.6 Å². The molecule has 1 saturated heterocycles. The van der Waals surface area contributed by atoms with Gasteiger partial charge in [0.1, 0.15) is 5.60 Å². The molecule has 0 atom stereocenters. The van der Waals surface area contributed by atoms with Gasteiger partial charge in [0.25, 0.3) is 0 Å². The predicted octanol–water partition coefficient (Wildman–Crippen LogP) is 2.96. The van der Waals surface area contributed by atoms with Crippen LogP contribution in [0.25, 0.3) is 0 Å². The highest BCUT2D eigenvalue weighted by Crippen LogP contribution is 2.24. The van der Waals surface area contributed by atoms with Gasteiger partial charge in [-0.15, -0.1) is 5.10 Å². The van der Waals surface area contributed by atoms with Gasteiger partial charge in [-0.1, -0.05) is 11.6 Å². The second kappa shape index (κ2) is 6.61. The zero-order valence-corrected chi connectivity index (χ0v) is 15.2. The molecule has 0 aliphatic carbocycles. The first kappa shape index (κ1) is 17.9. The number of halogens is 1. The Bertz CT molecular complexity index is 554. The summed E-state index contributed by atoms with van der Waals surface area (Å²) in [6.45, 7) is 12.6. The molecular formula is C16H25ClN4O2. The smallest absolute Gasteiger partial charge is 0.410 e. The van der Waals surface area contributed by atoms with Gasteiger partial charge in [-0.05, 0) is 46.8 Å². The quantitative estimate of drug-likeness (QED) is 0.828. The molecule has 1 aromatic heterocycles. The fourth-order valence-corrected chi connectivity index (χ4v) is 2.80. The van der Waals surface area contributed by atoms with Gasteiger partial charge in [0.2, 0.25) is 0 Å². The maximum atomic E-state index is 12.4. The number of hydrogen-bond acceptors (Lipinski definition) is 5. The van der Waals surface area contributed by atoms with Crippen molar-refractivity contribution >= 4 is 17.7 Å². The van der Waals surface area contributed by atoms with E-state index in [0.29, 0.717) is 18.2 Å². The number of rotatable bonds is 2. The summed E-state index contributed by atoms with van der Waals surface area (Å²) < 4.78 is 5.51. The number of nitrogens with zero attached hydrogens (tertiary/aromatic N) is 4. The molecule has 0 N–H and O–H groups in total. The normalized spacial score (nSPS) is 18.8. The van der Waals surface area contributed by atoms with E-state index in [4.69, 9.17) is 16.3 Å². The van der Waals surface area contributed by atoms with Crippen LogP contribution >= 0.6 is 11.6 Å². The van der Waals surface area contributed by atoms with Gasteiger partial charge in [-0.25, -0.2) is 4.79 Å². The van der Waals surface area contributed by atoms with E-state index in [1.165, 1.54) is 0 Å². The highest BCUT2D eigenvalue weighted by molar-refractivity contribution is 6.29. The lowest BCUT2D eigenvalue weighted by molar-refractivity contribution is -0.0246. The number of aromatic nitrogens is 2. The van der Waals surface area contributed by atoms with Crippen LogP contribution in [0.2, 0.25) is 5.15 Å². The van der Waals surface area contributed by atoms with Crippen molar-refractivity contribution in [2.24, 2.45) is 0 Å². The van der Waals surface area contributed by atoms with Crippen molar-refractivity contribution in [2.75, 3.05) is 19.6 Å². The van der Waals surface area contributed by atoms with Gasteiger partial charge in [0.15, 0.2) is 5.15 Å². The molecule has 128 valence electrons. The fraction of sp³-hybridized carbons (Fsp3) is 0.688. The second-order valence-electron chi connectivity index (χ2n) is 7.50. The topological polar surface area (TPSA) is 58.6 Å². The maximum Gasteiger partial charge on any atom is 0.410 e. The summed E-state index contributed by atoms with van der Waals surface area (Å²) >= 11 is 5.76. The summed E-state index contributed by atoms with van der Waals surface area (Å²) in [5, 5.41) is 8.35. The minimum absolute atomic E-state index is 0.256. The number of carbonyl (C=O) groups is 1. The molecule has 1 fully saturated rings.